The van der Waals surface area contributed by atoms with Crippen LogP contribution < -0.4 is 0 Å². The van der Waals surface area contributed by atoms with Crippen LogP contribution in [0.5, 0.6) is 0 Å². The maximum absolute atomic E-state index is 11.9. The van der Waals surface area contributed by atoms with Crippen LogP contribution in [-0.4, -0.2) is 47.2 Å². The molecule has 6 heteroatoms. The van der Waals surface area contributed by atoms with Crippen LogP contribution in [-0.2, 0) is 14.3 Å². The van der Waals surface area contributed by atoms with Gasteiger partial charge in [0, 0.05) is 12.8 Å². The zero-order chi connectivity index (χ0) is 14.1. The molecule has 1 aromatic rings. The number of aromatic nitrogens is 1. The van der Waals surface area contributed by atoms with Gasteiger partial charge in [0.05, 0.1) is 13.2 Å². The summed E-state index contributed by atoms with van der Waals surface area (Å²) in [6.45, 7) is 4.17. The molecule has 19 heavy (non-hydrogen) atoms. The molecule has 0 aromatic carbocycles. The third-order valence-electron chi connectivity index (χ3n) is 2.28. The summed E-state index contributed by atoms with van der Waals surface area (Å²) in [5.41, 5.74) is 0. The topological polar surface area (TPSA) is 68.7 Å². The van der Waals surface area contributed by atoms with Crippen LogP contribution in [0.15, 0.2) is 29.4 Å². The molecule has 106 valence electrons. The molecule has 0 bridgehead atoms. The Labute approximate surface area is 117 Å². The Balaban J connectivity index is 2.43. The lowest BCUT2D eigenvalue weighted by atomic mass is 10.3. The quantitative estimate of drug-likeness (QED) is 0.730. The minimum Gasteiger partial charge on any atom is -0.394 e. The maximum Gasteiger partial charge on any atom is 0.223 e. The minimum absolute atomic E-state index is 0.145. The Hall–Kier alpha value is -0.950. The van der Waals surface area contributed by atoms with E-state index in [1.165, 1.54) is 0 Å². The molecular weight excluding hydrogens is 266 g/mol. The summed E-state index contributed by atoms with van der Waals surface area (Å²) in [6.07, 6.45) is 0.528. The van der Waals surface area contributed by atoms with Crippen molar-refractivity contribution in [3.63, 3.8) is 0 Å². The summed E-state index contributed by atoms with van der Waals surface area (Å²) in [4.78, 5) is 16.0. The Morgan fingerprint density at radius 2 is 2.32 bits per heavy atom. The van der Waals surface area contributed by atoms with E-state index in [0.29, 0.717) is 11.6 Å². The lowest BCUT2D eigenvalue weighted by molar-refractivity contribution is -0.129. The molecule has 1 heterocycles. The second kappa shape index (κ2) is 9.03. The fourth-order valence-electron chi connectivity index (χ4n) is 1.32. The van der Waals surface area contributed by atoms with Crippen LogP contribution >= 0.6 is 11.8 Å². The lowest BCUT2D eigenvalue weighted by Crippen LogP contribution is -2.31. The summed E-state index contributed by atoms with van der Waals surface area (Å²) in [5.74, 6) is 0. The molecule has 0 aliphatic heterocycles. The van der Waals surface area contributed by atoms with Crippen molar-refractivity contribution in [2.75, 3.05) is 19.8 Å². The number of ether oxygens (including phenoxy) is 2. The van der Waals surface area contributed by atoms with Crippen molar-refractivity contribution in [3.05, 3.63) is 24.4 Å². The zero-order valence-electron chi connectivity index (χ0n) is 11.1. The molecule has 1 N–H and O–H groups in total. The van der Waals surface area contributed by atoms with Gasteiger partial charge in [0.2, 0.25) is 5.12 Å². The van der Waals surface area contributed by atoms with Crippen LogP contribution in [0.1, 0.15) is 13.8 Å². The van der Waals surface area contributed by atoms with E-state index < -0.39 is 12.2 Å². The molecule has 2 atom stereocenters. The van der Waals surface area contributed by atoms with Gasteiger partial charge in [0.1, 0.15) is 17.2 Å². The van der Waals surface area contributed by atoms with Crippen LogP contribution in [0, 0.1) is 0 Å². The van der Waals surface area contributed by atoms with E-state index in [4.69, 9.17) is 14.6 Å². The van der Waals surface area contributed by atoms with Gasteiger partial charge in [0.15, 0.2) is 0 Å². The Morgan fingerprint density at radius 1 is 1.53 bits per heavy atom. The Morgan fingerprint density at radius 3 is 2.89 bits per heavy atom. The van der Waals surface area contributed by atoms with Crippen LogP contribution in [0.25, 0.3) is 0 Å². The predicted molar refractivity (Wildman–Crippen MR) is 73.0 cm³/mol. The summed E-state index contributed by atoms with van der Waals surface area (Å²) in [7, 11) is 0. The van der Waals surface area contributed by atoms with Gasteiger partial charge in [-0.2, -0.15) is 0 Å². The molecule has 2 unspecified atom stereocenters. The number of aliphatic hydroxyl groups excluding tert-OH is 1. The van der Waals surface area contributed by atoms with Gasteiger partial charge in [-0.1, -0.05) is 6.07 Å². The van der Waals surface area contributed by atoms with E-state index in [1.807, 2.05) is 13.0 Å². The number of hydrogen-bond donors (Lipinski definition) is 1. The summed E-state index contributed by atoms with van der Waals surface area (Å²) < 4.78 is 10.6. The van der Waals surface area contributed by atoms with Crippen molar-refractivity contribution >= 4 is 16.9 Å². The second-order valence-corrected chi connectivity index (χ2v) is 4.86. The van der Waals surface area contributed by atoms with Gasteiger partial charge < -0.3 is 14.6 Å². The summed E-state index contributed by atoms with van der Waals surface area (Å²) in [5, 5.41) is 9.63. The molecule has 0 aliphatic carbocycles. The van der Waals surface area contributed by atoms with E-state index >= 15 is 0 Å². The SMILES string of the molecule is CCOCC(CO)OC(C)C(=O)Sc1ccccn1. The second-order valence-electron chi connectivity index (χ2n) is 3.83. The summed E-state index contributed by atoms with van der Waals surface area (Å²) in [6, 6.07) is 5.37. The first-order valence-corrected chi connectivity index (χ1v) is 6.95. The largest absolute Gasteiger partial charge is 0.394 e. The zero-order valence-corrected chi connectivity index (χ0v) is 11.9. The normalized spacial score (nSPS) is 14.1. The first-order valence-electron chi connectivity index (χ1n) is 6.14. The molecule has 5 nitrogen and oxygen atoms in total. The number of nitrogens with zero attached hydrogens (tertiary/aromatic N) is 1. The van der Waals surface area contributed by atoms with Crippen LogP contribution in [0.4, 0.5) is 0 Å². The number of aliphatic hydroxyl groups is 1. The molecule has 0 aliphatic rings. The lowest BCUT2D eigenvalue weighted by Gasteiger charge is -2.19. The van der Waals surface area contributed by atoms with Crippen molar-refractivity contribution in [2.45, 2.75) is 31.1 Å². The maximum atomic E-state index is 11.9. The number of hydrogen-bond acceptors (Lipinski definition) is 6. The molecule has 1 aromatic heterocycles. The molecule has 0 radical (unpaired) electrons. The van der Waals surface area contributed by atoms with Crippen molar-refractivity contribution in [1.82, 2.24) is 4.98 Å². The van der Waals surface area contributed by atoms with Gasteiger partial charge in [-0.25, -0.2) is 4.98 Å². The summed E-state index contributed by atoms with van der Waals surface area (Å²) >= 11 is 1.03. The number of pyridine rings is 1. The van der Waals surface area contributed by atoms with E-state index in [9.17, 15) is 4.79 Å². The number of carbonyl (C=O) groups excluding carboxylic acids is 1. The smallest absolute Gasteiger partial charge is 0.223 e. The van der Waals surface area contributed by atoms with E-state index in [0.717, 1.165) is 11.8 Å². The fraction of sp³-hybridized carbons (Fsp3) is 0.538. The van der Waals surface area contributed by atoms with Crippen molar-refractivity contribution in [1.29, 1.82) is 0 Å². The molecule has 0 amide bonds. The third kappa shape index (κ3) is 6.15. The van der Waals surface area contributed by atoms with Crippen LogP contribution in [0.3, 0.4) is 0 Å². The third-order valence-corrected chi connectivity index (χ3v) is 3.27. The van der Waals surface area contributed by atoms with E-state index in [2.05, 4.69) is 4.98 Å². The molecule has 0 saturated carbocycles. The molecule has 0 saturated heterocycles. The van der Waals surface area contributed by atoms with Crippen molar-refractivity contribution in [2.24, 2.45) is 0 Å². The van der Waals surface area contributed by atoms with E-state index in [1.54, 1.807) is 25.3 Å². The predicted octanol–water partition coefficient (Wildman–Crippen LogP) is 1.50. The highest BCUT2D eigenvalue weighted by atomic mass is 32.2. The van der Waals surface area contributed by atoms with Gasteiger partial charge in [-0.3, -0.25) is 4.79 Å². The first kappa shape index (κ1) is 16.1. The van der Waals surface area contributed by atoms with Gasteiger partial charge in [0.25, 0.3) is 0 Å². The molecule has 0 fully saturated rings. The average Bonchev–Trinajstić information content (AvgIpc) is 2.44. The molecular formula is C13H19NO4S. The fourth-order valence-corrected chi connectivity index (χ4v) is 2.01. The highest BCUT2D eigenvalue weighted by Crippen LogP contribution is 2.18. The first-order chi connectivity index (χ1) is 9.17. The van der Waals surface area contributed by atoms with Gasteiger partial charge >= 0.3 is 0 Å². The number of rotatable bonds is 8. The van der Waals surface area contributed by atoms with Gasteiger partial charge in [-0.15, -0.1) is 0 Å². The van der Waals surface area contributed by atoms with E-state index in [-0.39, 0.29) is 18.3 Å². The highest BCUT2D eigenvalue weighted by molar-refractivity contribution is 8.13. The van der Waals surface area contributed by atoms with Gasteiger partial charge in [-0.05, 0) is 37.7 Å². The van der Waals surface area contributed by atoms with Crippen molar-refractivity contribution in [3.8, 4) is 0 Å². The van der Waals surface area contributed by atoms with Crippen LogP contribution in [0.2, 0.25) is 0 Å². The Kier molecular flexibility index (Phi) is 7.66. The number of thioether (sulfide) groups is 1. The standard InChI is InChI=1S/C13H19NO4S/c1-3-17-9-11(8-15)18-10(2)13(16)19-12-6-4-5-7-14-12/h4-7,10-11,15H,3,8-9H2,1-2H3. The number of carbonyl (C=O) groups is 1. The Bertz CT molecular complexity index is 374. The molecule has 0 spiro atoms. The van der Waals surface area contributed by atoms with Crippen molar-refractivity contribution < 1.29 is 19.4 Å². The monoisotopic (exact) mass is 285 g/mol. The highest BCUT2D eigenvalue weighted by Gasteiger charge is 2.20. The average molecular weight is 285 g/mol. The molecule has 1 rings (SSSR count). The minimum atomic E-state index is -0.621.